The molecule has 2 heterocycles. The molecular weight excluding hydrogens is 221 g/mol. The van der Waals surface area contributed by atoms with Crippen molar-refractivity contribution >= 4 is 5.69 Å². The van der Waals surface area contributed by atoms with Crippen LogP contribution in [0, 0.1) is 11.7 Å². The molecule has 3 rings (SSSR count). The molecule has 0 aliphatic carbocycles. The Balaban J connectivity index is 1.86. The van der Waals surface area contributed by atoms with Crippen LogP contribution in [-0.2, 0) is 0 Å². The molecule has 0 bridgehead atoms. The van der Waals surface area contributed by atoms with Gasteiger partial charge in [0, 0.05) is 30.9 Å². The zero-order valence-corrected chi connectivity index (χ0v) is 9.91. The smallest absolute Gasteiger partial charge is 0.231 e. The summed E-state index contributed by atoms with van der Waals surface area (Å²) in [7, 11) is 0. The zero-order valence-electron chi connectivity index (χ0n) is 9.91. The third-order valence-corrected chi connectivity index (χ3v) is 3.56. The number of rotatable bonds is 1. The number of nitrogens with zero attached hydrogens (tertiary/aromatic N) is 1. The van der Waals surface area contributed by atoms with Crippen LogP contribution >= 0.6 is 0 Å². The third-order valence-electron chi connectivity index (χ3n) is 3.56. The lowest BCUT2D eigenvalue weighted by Gasteiger charge is -2.32. The molecule has 0 aromatic heterocycles. The van der Waals surface area contributed by atoms with Crippen LogP contribution in [0.4, 0.5) is 10.1 Å². The van der Waals surface area contributed by atoms with Crippen molar-refractivity contribution in [2.45, 2.75) is 19.8 Å². The van der Waals surface area contributed by atoms with Crippen molar-refractivity contribution in [3.8, 4) is 11.5 Å². The minimum atomic E-state index is -0.325. The van der Waals surface area contributed by atoms with Crippen LogP contribution in [0.3, 0.4) is 0 Å². The molecule has 17 heavy (non-hydrogen) atoms. The summed E-state index contributed by atoms with van der Waals surface area (Å²) in [4.78, 5) is 2.21. The average Bonchev–Trinajstić information content (AvgIpc) is 2.78. The van der Waals surface area contributed by atoms with Crippen LogP contribution in [0.2, 0.25) is 0 Å². The number of benzene rings is 1. The minimum absolute atomic E-state index is 0.118. The van der Waals surface area contributed by atoms with Gasteiger partial charge in [-0.25, -0.2) is 4.39 Å². The van der Waals surface area contributed by atoms with Crippen molar-refractivity contribution in [1.82, 2.24) is 0 Å². The van der Waals surface area contributed by atoms with Gasteiger partial charge in [-0.1, -0.05) is 6.92 Å². The predicted octanol–water partition coefficient (Wildman–Crippen LogP) is 2.79. The Kier molecular flexibility index (Phi) is 2.57. The second-order valence-electron chi connectivity index (χ2n) is 4.83. The zero-order chi connectivity index (χ0) is 11.8. The topological polar surface area (TPSA) is 21.7 Å². The van der Waals surface area contributed by atoms with E-state index in [4.69, 9.17) is 9.47 Å². The number of piperidine rings is 1. The van der Waals surface area contributed by atoms with Crippen molar-refractivity contribution in [1.29, 1.82) is 0 Å². The van der Waals surface area contributed by atoms with Gasteiger partial charge in [-0.2, -0.15) is 0 Å². The second-order valence-corrected chi connectivity index (χ2v) is 4.83. The fourth-order valence-electron chi connectivity index (χ4n) is 2.40. The van der Waals surface area contributed by atoms with Gasteiger partial charge in [0.1, 0.15) is 0 Å². The van der Waals surface area contributed by atoms with Crippen molar-refractivity contribution in [2.24, 2.45) is 5.92 Å². The molecule has 0 amide bonds. The molecule has 1 fully saturated rings. The summed E-state index contributed by atoms with van der Waals surface area (Å²) >= 11 is 0. The lowest BCUT2D eigenvalue weighted by Crippen LogP contribution is -2.32. The van der Waals surface area contributed by atoms with Crippen LogP contribution in [0.15, 0.2) is 12.1 Å². The Labute approximate surface area is 100 Å². The molecule has 92 valence electrons. The Morgan fingerprint density at radius 1 is 1.24 bits per heavy atom. The largest absolute Gasteiger partial charge is 0.453 e. The van der Waals surface area contributed by atoms with Crippen LogP contribution in [0.25, 0.3) is 0 Å². The van der Waals surface area contributed by atoms with Crippen molar-refractivity contribution in [2.75, 3.05) is 24.8 Å². The van der Waals surface area contributed by atoms with Gasteiger partial charge in [0.05, 0.1) is 0 Å². The fourth-order valence-corrected chi connectivity index (χ4v) is 2.40. The first kappa shape index (κ1) is 10.7. The van der Waals surface area contributed by atoms with E-state index in [2.05, 4.69) is 11.8 Å². The Morgan fingerprint density at radius 3 is 2.76 bits per heavy atom. The molecule has 0 unspecified atom stereocenters. The van der Waals surface area contributed by atoms with Gasteiger partial charge in [-0.3, -0.25) is 0 Å². The molecule has 2 aliphatic heterocycles. The maximum Gasteiger partial charge on any atom is 0.231 e. The van der Waals surface area contributed by atoms with Crippen LogP contribution < -0.4 is 14.4 Å². The monoisotopic (exact) mass is 237 g/mol. The van der Waals surface area contributed by atoms with Gasteiger partial charge in [-0.05, 0) is 18.8 Å². The Morgan fingerprint density at radius 2 is 2.00 bits per heavy atom. The summed E-state index contributed by atoms with van der Waals surface area (Å²) in [5, 5.41) is 0. The van der Waals surface area contributed by atoms with E-state index in [0.29, 0.717) is 5.75 Å². The van der Waals surface area contributed by atoms with Gasteiger partial charge < -0.3 is 14.4 Å². The minimum Gasteiger partial charge on any atom is -0.453 e. The van der Waals surface area contributed by atoms with Gasteiger partial charge >= 0.3 is 0 Å². The molecule has 4 heteroatoms. The molecule has 0 radical (unpaired) electrons. The summed E-state index contributed by atoms with van der Waals surface area (Å²) in [6, 6.07) is 3.42. The molecule has 0 spiro atoms. The first-order chi connectivity index (χ1) is 8.24. The average molecular weight is 237 g/mol. The normalized spacial score (nSPS) is 19.8. The van der Waals surface area contributed by atoms with Crippen LogP contribution in [-0.4, -0.2) is 19.9 Å². The quantitative estimate of drug-likeness (QED) is 0.749. The number of hydrogen-bond donors (Lipinski definition) is 0. The van der Waals surface area contributed by atoms with E-state index in [-0.39, 0.29) is 18.4 Å². The standard InChI is InChI=1S/C13H16FNO2/c1-9-2-4-15(5-3-9)10-6-11(14)13-12(7-10)16-8-17-13/h6-7,9H,2-5,8H2,1H3. The van der Waals surface area contributed by atoms with Crippen LogP contribution in [0.5, 0.6) is 11.5 Å². The molecule has 1 aromatic carbocycles. The number of anilines is 1. The third kappa shape index (κ3) is 1.92. The first-order valence-corrected chi connectivity index (χ1v) is 6.08. The van der Waals surface area contributed by atoms with Gasteiger partial charge in [0.25, 0.3) is 0 Å². The summed E-state index contributed by atoms with van der Waals surface area (Å²) < 4.78 is 24.1. The summed E-state index contributed by atoms with van der Waals surface area (Å²) in [6.07, 6.45) is 2.33. The van der Waals surface area contributed by atoms with E-state index in [1.54, 1.807) is 6.07 Å². The van der Waals surface area contributed by atoms with Gasteiger partial charge in [-0.15, -0.1) is 0 Å². The molecular formula is C13H16FNO2. The summed E-state index contributed by atoms with van der Waals surface area (Å²) in [5.74, 6) is 1.22. The SMILES string of the molecule is CC1CCN(c2cc(F)c3c(c2)OCO3)CC1. The number of hydrogen-bond acceptors (Lipinski definition) is 3. The molecule has 3 nitrogen and oxygen atoms in total. The first-order valence-electron chi connectivity index (χ1n) is 6.08. The number of fused-ring (bicyclic) bond motifs is 1. The number of ether oxygens (including phenoxy) is 2. The summed E-state index contributed by atoms with van der Waals surface area (Å²) in [5.41, 5.74) is 0.902. The highest BCUT2D eigenvalue weighted by atomic mass is 19.1. The molecule has 0 atom stereocenters. The van der Waals surface area contributed by atoms with E-state index in [0.717, 1.165) is 37.5 Å². The van der Waals surface area contributed by atoms with Gasteiger partial charge in [0.15, 0.2) is 11.6 Å². The molecule has 0 N–H and O–H groups in total. The predicted molar refractivity (Wildman–Crippen MR) is 63.1 cm³/mol. The highest BCUT2D eigenvalue weighted by molar-refractivity contribution is 5.58. The maximum absolute atomic E-state index is 13.8. The van der Waals surface area contributed by atoms with E-state index in [1.807, 2.05) is 6.07 Å². The number of halogens is 1. The van der Waals surface area contributed by atoms with Crippen LogP contribution in [0.1, 0.15) is 19.8 Å². The van der Waals surface area contributed by atoms with Gasteiger partial charge in [0.2, 0.25) is 12.5 Å². The maximum atomic E-state index is 13.8. The van der Waals surface area contributed by atoms with Crippen molar-refractivity contribution in [3.63, 3.8) is 0 Å². The molecule has 2 aliphatic rings. The van der Waals surface area contributed by atoms with E-state index >= 15 is 0 Å². The van der Waals surface area contributed by atoms with E-state index < -0.39 is 0 Å². The van der Waals surface area contributed by atoms with E-state index in [1.165, 1.54) is 0 Å². The van der Waals surface area contributed by atoms with Crippen molar-refractivity contribution in [3.05, 3.63) is 17.9 Å². The fraction of sp³-hybridized carbons (Fsp3) is 0.538. The lowest BCUT2D eigenvalue weighted by atomic mass is 9.99. The Hall–Kier alpha value is -1.45. The second kappa shape index (κ2) is 4.09. The lowest BCUT2D eigenvalue weighted by molar-refractivity contribution is 0.171. The molecule has 1 aromatic rings. The Bertz CT molecular complexity index is 428. The summed E-state index contributed by atoms with van der Waals surface area (Å²) in [6.45, 7) is 4.35. The highest BCUT2D eigenvalue weighted by Crippen LogP contribution is 2.39. The van der Waals surface area contributed by atoms with Crippen molar-refractivity contribution < 1.29 is 13.9 Å². The molecule has 0 saturated carbocycles. The highest BCUT2D eigenvalue weighted by Gasteiger charge is 2.23. The van der Waals surface area contributed by atoms with E-state index in [9.17, 15) is 4.39 Å². The molecule has 1 saturated heterocycles.